The molecule has 0 saturated carbocycles. The van der Waals surface area contributed by atoms with Gasteiger partial charge in [-0.3, -0.25) is 4.21 Å². The maximum absolute atomic E-state index is 11.9. The van der Waals surface area contributed by atoms with E-state index in [0.29, 0.717) is 25.6 Å². The minimum absolute atomic E-state index is 0.472. The van der Waals surface area contributed by atoms with E-state index >= 15 is 0 Å². The summed E-state index contributed by atoms with van der Waals surface area (Å²) >= 11 is 0. The number of anilines is 1. The zero-order valence-corrected chi connectivity index (χ0v) is 11.1. The van der Waals surface area contributed by atoms with Crippen molar-refractivity contribution in [2.75, 3.05) is 38.4 Å². The minimum atomic E-state index is -1.03. The number of hydrogen-bond acceptors (Lipinski definition) is 4. The molecule has 0 radical (unpaired) electrons. The molecule has 1 aromatic rings. The molecule has 0 spiro atoms. The van der Waals surface area contributed by atoms with Gasteiger partial charge in [0, 0.05) is 17.7 Å². The summed E-state index contributed by atoms with van der Waals surface area (Å²) < 4.78 is 22.0. The molecule has 0 saturated heterocycles. The quantitative estimate of drug-likeness (QED) is 0.591. The molecule has 0 aliphatic rings. The van der Waals surface area contributed by atoms with Crippen LogP contribution in [0.3, 0.4) is 0 Å². The standard InChI is InChI=1S/C12H19NO3S/c1-10-9-11(3-4-12(10)13)17(14)8-7-16-6-5-15-2/h3-4,9H,5-8,13H2,1-2H3. The van der Waals surface area contributed by atoms with Crippen molar-refractivity contribution in [3.8, 4) is 0 Å². The van der Waals surface area contributed by atoms with E-state index in [1.54, 1.807) is 19.2 Å². The molecule has 0 fully saturated rings. The number of benzene rings is 1. The predicted molar refractivity (Wildman–Crippen MR) is 69.6 cm³/mol. The Morgan fingerprint density at radius 3 is 2.71 bits per heavy atom. The Kier molecular flexibility index (Phi) is 6.18. The minimum Gasteiger partial charge on any atom is -0.399 e. The Bertz CT molecular complexity index is 382. The van der Waals surface area contributed by atoms with Crippen LogP contribution in [0.2, 0.25) is 0 Å². The number of ether oxygens (including phenoxy) is 2. The largest absolute Gasteiger partial charge is 0.399 e. The van der Waals surface area contributed by atoms with E-state index in [1.165, 1.54) is 0 Å². The average Bonchev–Trinajstić information content (AvgIpc) is 2.32. The van der Waals surface area contributed by atoms with Gasteiger partial charge in [-0.05, 0) is 30.7 Å². The van der Waals surface area contributed by atoms with Gasteiger partial charge in [0.05, 0.1) is 36.4 Å². The van der Waals surface area contributed by atoms with Crippen LogP contribution in [0.15, 0.2) is 23.1 Å². The van der Waals surface area contributed by atoms with Crippen LogP contribution in [0.5, 0.6) is 0 Å². The molecular weight excluding hydrogens is 238 g/mol. The van der Waals surface area contributed by atoms with E-state index in [1.807, 2.05) is 13.0 Å². The predicted octanol–water partition coefficient (Wildman–Crippen LogP) is 1.35. The first-order chi connectivity index (χ1) is 8.15. The summed E-state index contributed by atoms with van der Waals surface area (Å²) in [7, 11) is 0.595. The van der Waals surface area contributed by atoms with Crippen LogP contribution >= 0.6 is 0 Å². The lowest BCUT2D eigenvalue weighted by Crippen LogP contribution is -2.10. The summed E-state index contributed by atoms with van der Waals surface area (Å²) in [6, 6.07) is 5.45. The molecule has 17 heavy (non-hydrogen) atoms. The Morgan fingerprint density at radius 2 is 2.06 bits per heavy atom. The summed E-state index contributed by atoms with van der Waals surface area (Å²) in [5, 5.41) is 0. The Morgan fingerprint density at radius 1 is 1.29 bits per heavy atom. The number of rotatable bonds is 7. The van der Waals surface area contributed by atoms with Crippen LogP contribution in [0.1, 0.15) is 5.56 Å². The first kappa shape index (κ1) is 14.2. The zero-order valence-electron chi connectivity index (χ0n) is 10.3. The third kappa shape index (κ3) is 4.85. The summed E-state index contributed by atoms with van der Waals surface area (Å²) in [6.07, 6.45) is 0. The highest BCUT2D eigenvalue weighted by Crippen LogP contribution is 2.15. The van der Waals surface area contributed by atoms with Gasteiger partial charge in [-0.2, -0.15) is 0 Å². The SMILES string of the molecule is COCCOCCS(=O)c1ccc(N)c(C)c1. The van der Waals surface area contributed by atoms with Gasteiger partial charge in [0.15, 0.2) is 0 Å². The van der Waals surface area contributed by atoms with Crippen LogP contribution in [0.25, 0.3) is 0 Å². The van der Waals surface area contributed by atoms with E-state index in [0.717, 1.165) is 16.1 Å². The van der Waals surface area contributed by atoms with E-state index in [-0.39, 0.29) is 0 Å². The maximum Gasteiger partial charge on any atom is 0.0700 e. The fraction of sp³-hybridized carbons (Fsp3) is 0.500. The molecule has 0 aliphatic heterocycles. The van der Waals surface area contributed by atoms with Crippen LogP contribution in [-0.2, 0) is 20.3 Å². The zero-order chi connectivity index (χ0) is 12.7. The fourth-order valence-corrected chi connectivity index (χ4v) is 2.32. The van der Waals surface area contributed by atoms with Gasteiger partial charge in [0.1, 0.15) is 0 Å². The lowest BCUT2D eigenvalue weighted by Gasteiger charge is -2.06. The molecule has 1 rings (SSSR count). The highest BCUT2D eigenvalue weighted by Gasteiger charge is 2.05. The average molecular weight is 257 g/mol. The van der Waals surface area contributed by atoms with Crippen LogP contribution in [0, 0.1) is 6.92 Å². The molecule has 1 atom stereocenters. The molecule has 2 N–H and O–H groups in total. The second-order valence-electron chi connectivity index (χ2n) is 3.67. The van der Waals surface area contributed by atoms with Crippen molar-refractivity contribution in [3.05, 3.63) is 23.8 Å². The van der Waals surface area contributed by atoms with E-state index in [9.17, 15) is 4.21 Å². The van der Waals surface area contributed by atoms with Gasteiger partial charge in [0.2, 0.25) is 0 Å². The molecular formula is C12H19NO3S. The molecule has 0 bridgehead atoms. The monoisotopic (exact) mass is 257 g/mol. The van der Waals surface area contributed by atoms with Crippen LogP contribution in [-0.4, -0.2) is 36.9 Å². The molecule has 0 aliphatic carbocycles. The van der Waals surface area contributed by atoms with Gasteiger partial charge in [-0.1, -0.05) is 0 Å². The molecule has 0 amide bonds. The molecule has 1 unspecified atom stereocenters. The number of methoxy groups -OCH3 is 1. The van der Waals surface area contributed by atoms with Crippen molar-refractivity contribution in [3.63, 3.8) is 0 Å². The van der Waals surface area contributed by atoms with Crippen LogP contribution < -0.4 is 5.73 Å². The van der Waals surface area contributed by atoms with Gasteiger partial charge < -0.3 is 15.2 Å². The molecule has 5 heteroatoms. The summed E-state index contributed by atoms with van der Waals surface area (Å²) in [5.74, 6) is 0.493. The van der Waals surface area contributed by atoms with E-state index < -0.39 is 10.8 Å². The highest BCUT2D eigenvalue weighted by atomic mass is 32.2. The lowest BCUT2D eigenvalue weighted by molar-refractivity contribution is 0.0787. The maximum atomic E-state index is 11.9. The topological polar surface area (TPSA) is 61.5 Å². The number of hydrogen-bond donors (Lipinski definition) is 1. The first-order valence-electron chi connectivity index (χ1n) is 5.46. The number of aryl methyl sites for hydroxylation is 1. The highest BCUT2D eigenvalue weighted by molar-refractivity contribution is 7.85. The number of nitrogens with two attached hydrogens (primary N) is 1. The van der Waals surface area contributed by atoms with Crippen LogP contribution in [0.4, 0.5) is 5.69 Å². The first-order valence-corrected chi connectivity index (χ1v) is 6.78. The Hall–Kier alpha value is -0.910. The van der Waals surface area contributed by atoms with Crippen molar-refractivity contribution >= 4 is 16.5 Å². The van der Waals surface area contributed by atoms with Gasteiger partial charge in [0.25, 0.3) is 0 Å². The lowest BCUT2D eigenvalue weighted by atomic mass is 10.2. The molecule has 1 aromatic carbocycles. The fourth-order valence-electron chi connectivity index (χ4n) is 1.29. The third-order valence-electron chi connectivity index (χ3n) is 2.35. The molecule has 96 valence electrons. The Labute approximate surface area is 105 Å². The van der Waals surface area contributed by atoms with Crippen molar-refractivity contribution in [1.82, 2.24) is 0 Å². The Balaban J connectivity index is 2.39. The van der Waals surface area contributed by atoms with E-state index in [2.05, 4.69) is 0 Å². The molecule has 4 nitrogen and oxygen atoms in total. The normalized spacial score (nSPS) is 12.6. The summed E-state index contributed by atoms with van der Waals surface area (Å²) in [5.41, 5.74) is 7.39. The van der Waals surface area contributed by atoms with Gasteiger partial charge in [-0.15, -0.1) is 0 Å². The summed E-state index contributed by atoms with van der Waals surface area (Å²) in [6.45, 7) is 3.48. The smallest absolute Gasteiger partial charge is 0.0700 e. The van der Waals surface area contributed by atoms with Crippen molar-refractivity contribution in [1.29, 1.82) is 0 Å². The van der Waals surface area contributed by atoms with Gasteiger partial charge in [-0.25, -0.2) is 0 Å². The van der Waals surface area contributed by atoms with Gasteiger partial charge >= 0.3 is 0 Å². The second kappa shape index (κ2) is 7.42. The van der Waals surface area contributed by atoms with Crippen molar-refractivity contribution in [2.24, 2.45) is 0 Å². The van der Waals surface area contributed by atoms with Crippen molar-refractivity contribution in [2.45, 2.75) is 11.8 Å². The van der Waals surface area contributed by atoms with Crippen molar-refractivity contribution < 1.29 is 13.7 Å². The molecule has 0 aromatic heterocycles. The number of nitrogen functional groups attached to an aromatic ring is 1. The van der Waals surface area contributed by atoms with E-state index in [4.69, 9.17) is 15.2 Å². The second-order valence-corrected chi connectivity index (χ2v) is 5.24. The summed E-state index contributed by atoms with van der Waals surface area (Å²) in [4.78, 5) is 0.798. The molecule has 0 heterocycles. The third-order valence-corrected chi connectivity index (χ3v) is 3.67.